The zero-order chi connectivity index (χ0) is 24.5. The lowest BCUT2D eigenvalue weighted by Gasteiger charge is -2.21. The fraction of sp³-hybridized carbons (Fsp3) is 0.407. The topological polar surface area (TPSA) is 104 Å². The standard InChI is InChI=1S/C27H29N5O3/c1-16(2)34-24-10-7-18(13-19(24)14-28)26-30-25(31-35-26)22-6-4-5-21-20(22)8-9-23(21)29-27(33)32-12-11-17(3)15-32/h4-7,10,13,16-17,23H,8-9,11-12,15H2,1-3H3,(H,29,33)/t17-,23+/m0/s1. The first kappa shape index (κ1) is 22.9. The van der Waals surface area contributed by atoms with Crippen molar-refractivity contribution < 1.29 is 14.1 Å². The number of carbonyl (C=O) groups excluding carboxylic acids is 1. The molecule has 2 aliphatic rings. The Hall–Kier alpha value is -3.86. The maximum absolute atomic E-state index is 12.8. The summed E-state index contributed by atoms with van der Waals surface area (Å²) in [6.45, 7) is 7.64. The number of likely N-dealkylation sites (tertiary alicyclic amines) is 1. The molecule has 0 bridgehead atoms. The molecule has 1 fully saturated rings. The van der Waals surface area contributed by atoms with Crippen molar-refractivity contribution in [2.24, 2.45) is 5.92 Å². The van der Waals surface area contributed by atoms with Crippen LogP contribution in [0.1, 0.15) is 56.3 Å². The second kappa shape index (κ2) is 9.41. The highest BCUT2D eigenvalue weighted by molar-refractivity contribution is 5.76. The molecule has 0 spiro atoms. The third-order valence-electron chi connectivity index (χ3n) is 6.66. The van der Waals surface area contributed by atoms with Gasteiger partial charge in [-0.1, -0.05) is 30.3 Å². The van der Waals surface area contributed by atoms with Crippen molar-refractivity contribution >= 4 is 6.03 Å². The number of rotatable bonds is 5. The zero-order valence-corrected chi connectivity index (χ0v) is 20.2. The molecule has 8 nitrogen and oxygen atoms in total. The zero-order valence-electron chi connectivity index (χ0n) is 20.2. The normalized spacial score (nSPS) is 19.0. The number of urea groups is 1. The van der Waals surface area contributed by atoms with Crippen LogP contribution in [0.15, 0.2) is 40.9 Å². The molecule has 1 N–H and O–H groups in total. The van der Waals surface area contributed by atoms with E-state index in [1.807, 2.05) is 36.9 Å². The van der Waals surface area contributed by atoms with Crippen LogP contribution in [0, 0.1) is 17.2 Å². The van der Waals surface area contributed by atoms with Crippen molar-refractivity contribution in [3.8, 4) is 34.7 Å². The summed E-state index contributed by atoms with van der Waals surface area (Å²) in [6, 6.07) is 13.5. The molecule has 35 heavy (non-hydrogen) atoms. The Labute approximate surface area is 204 Å². The number of amides is 2. The molecule has 5 rings (SSSR count). The number of hydrogen-bond acceptors (Lipinski definition) is 6. The van der Waals surface area contributed by atoms with Crippen molar-refractivity contribution in [3.05, 3.63) is 53.1 Å². The number of nitrogens with one attached hydrogen (secondary N) is 1. The number of nitrogens with zero attached hydrogens (tertiary/aromatic N) is 4. The van der Waals surface area contributed by atoms with Crippen LogP contribution in [0.2, 0.25) is 0 Å². The van der Waals surface area contributed by atoms with Crippen molar-refractivity contribution in [1.82, 2.24) is 20.4 Å². The highest BCUT2D eigenvalue weighted by atomic mass is 16.5. The molecule has 2 heterocycles. The summed E-state index contributed by atoms with van der Waals surface area (Å²) in [6.07, 6.45) is 2.70. The van der Waals surface area contributed by atoms with Gasteiger partial charge in [-0.15, -0.1) is 0 Å². The van der Waals surface area contributed by atoms with E-state index in [1.165, 1.54) is 0 Å². The molecule has 1 saturated heterocycles. The molecule has 1 aliphatic heterocycles. The van der Waals surface area contributed by atoms with Gasteiger partial charge in [-0.2, -0.15) is 10.2 Å². The lowest BCUT2D eigenvalue weighted by molar-refractivity contribution is 0.203. The monoisotopic (exact) mass is 471 g/mol. The second-order valence-corrected chi connectivity index (χ2v) is 9.67. The Morgan fingerprint density at radius 2 is 2.14 bits per heavy atom. The molecule has 2 atom stereocenters. The van der Waals surface area contributed by atoms with Gasteiger partial charge in [0.2, 0.25) is 5.82 Å². The summed E-state index contributed by atoms with van der Waals surface area (Å²) >= 11 is 0. The van der Waals surface area contributed by atoms with Crippen LogP contribution in [0.4, 0.5) is 4.79 Å². The van der Waals surface area contributed by atoms with Crippen LogP contribution >= 0.6 is 0 Å². The van der Waals surface area contributed by atoms with Crippen LogP contribution in [0.5, 0.6) is 5.75 Å². The fourth-order valence-electron chi connectivity index (χ4n) is 4.93. The molecule has 0 unspecified atom stereocenters. The Kier molecular flexibility index (Phi) is 6.16. The maximum Gasteiger partial charge on any atom is 0.317 e. The van der Waals surface area contributed by atoms with Crippen LogP contribution < -0.4 is 10.1 Å². The highest BCUT2D eigenvalue weighted by Crippen LogP contribution is 2.38. The molecule has 180 valence electrons. The van der Waals surface area contributed by atoms with Crippen molar-refractivity contribution in [1.29, 1.82) is 5.26 Å². The Bertz CT molecular complexity index is 1290. The van der Waals surface area contributed by atoms with E-state index < -0.39 is 0 Å². The van der Waals surface area contributed by atoms with Crippen molar-refractivity contribution in [3.63, 3.8) is 0 Å². The van der Waals surface area contributed by atoms with Crippen LogP contribution in [0.3, 0.4) is 0 Å². The number of benzene rings is 2. The quantitative estimate of drug-likeness (QED) is 0.555. The van der Waals surface area contributed by atoms with Gasteiger partial charge in [-0.3, -0.25) is 0 Å². The van der Waals surface area contributed by atoms with Gasteiger partial charge in [-0.25, -0.2) is 4.79 Å². The van der Waals surface area contributed by atoms with Gasteiger partial charge in [0.1, 0.15) is 11.8 Å². The summed E-state index contributed by atoms with van der Waals surface area (Å²) in [7, 11) is 0. The van der Waals surface area contributed by atoms with Crippen molar-refractivity contribution in [2.75, 3.05) is 13.1 Å². The van der Waals surface area contributed by atoms with E-state index in [-0.39, 0.29) is 18.2 Å². The van der Waals surface area contributed by atoms with Gasteiger partial charge in [0.25, 0.3) is 5.89 Å². The number of carbonyl (C=O) groups is 1. The first-order valence-corrected chi connectivity index (χ1v) is 12.2. The van der Waals surface area contributed by atoms with Gasteiger partial charge in [0.05, 0.1) is 17.7 Å². The largest absolute Gasteiger partial charge is 0.490 e. The van der Waals surface area contributed by atoms with E-state index in [1.54, 1.807) is 12.1 Å². The van der Waals surface area contributed by atoms with Crippen LogP contribution in [-0.4, -0.2) is 40.3 Å². The summed E-state index contributed by atoms with van der Waals surface area (Å²) in [5.74, 6) is 1.93. The Balaban J connectivity index is 1.37. The van der Waals surface area contributed by atoms with Crippen molar-refractivity contribution in [2.45, 2.75) is 52.2 Å². The van der Waals surface area contributed by atoms with Gasteiger partial charge >= 0.3 is 6.03 Å². The van der Waals surface area contributed by atoms with Gasteiger partial charge in [0.15, 0.2) is 0 Å². The minimum absolute atomic E-state index is 0.0117. The molecular weight excluding hydrogens is 442 g/mol. The smallest absolute Gasteiger partial charge is 0.317 e. The first-order chi connectivity index (χ1) is 16.9. The lowest BCUT2D eigenvalue weighted by Crippen LogP contribution is -2.39. The van der Waals surface area contributed by atoms with Crippen LogP contribution in [0.25, 0.3) is 22.8 Å². The van der Waals surface area contributed by atoms with Gasteiger partial charge in [0, 0.05) is 24.2 Å². The Morgan fingerprint density at radius 1 is 1.29 bits per heavy atom. The third-order valence-corrected chi connectivity index (χ3v) is 6.66. The predicted octanol–water partition coefficient (Wildman–Crippen LogP) is 5.10. The summed E-state index contributed by atoms with van der Waals surface area (Å²) in [5, 5.41) is 17.0. The minimum atomic E-state index is -0.0318. The summed E-state index contributed by atoms with van der Waals surface area (Å²) in [4.78, 5) is 19.3. The predicted molar refractivity (Wildman–Crippen MR) is 131 cm³/mol. The molecule has 2 amide bonds. The van der Waals surface area contributed by atoms with E-state index in [0.717, 1.165) is 49.0 Å². The number of aromatic nitrogens is 2. The molecule has 2 aromatic carbocycles. The molecular formula is C27H29N5O3. The molecule has 1 aliphatic carbocycles. The average Bonchev–Trinajstić information content (AvgIpc) is 3.59. The summed E-state index contributed by atoms with van der Waals surface area (Å²) in [5.41, 5.74) is 4.23. The molecule has 1 aromatic heterocycles. The summed E-state index contributed by atoms with van der Waals surface area (Å²) < 4.78 is 11.3. The van der Waals surface area contributed by atoms with E-state index in [0.29, 0.717) is 34.5 Å². The number of hydrogen-bond donors (Lipinski definition) is 1. The molecule has 0 saturated carbocycles. The number of ether oxygens (including phenoxy) is 1. The van der Waals surface area contributed by atoms with E-state index in [4.69, 9.17) is 9.26 Å². The average molecular weight is 472 g/mol. The van der Waals surface area contributed by atoms with Gasteiger partial charge < -0.3 is 19.5 Å². The molecule has 0 radical (unpaired) electrons. The maximum atomic E-state index is 12.8. The Morgan fingerprint density at radius 3 is 2.89 bits per heavy atom. The highest BCUT2D eigenvalue weighted by Gasteiger charge is 2.30. The van der Waals surface area contributed by atoms with E-state index in [2.05, 4.69) is 34.5 Å². The second-order valence-electron chi connectivity index (χ2n) is 9.67. The van der Waals surface area contributed by atoms with E-state index >= 15 is 0 Å². The van der Waals surface area contributed by atoms with Gasteiger partial charge in [-0.05, 0) is 68.4 Å². The lowest BCUT2D eigenvalue weighted by atomic mass is 10.0. The molecule has 3 aromatic rings. The van der Waals surface area contributed by atoms with E-state index in [9.17, 15) is 10.1 Å². The van der Waals surface area contributed by atoms with Crippen LogP contribution in [-0.2, 0) is 6.42 Å². The number of fused-ring (bicyclic) bond motifs is 1. The minimum Gasteiger partial charge on any atom is -0.490 e. The fourth-order valence-corrected chi connectivity index (χ4v) is 4.93. The third kappa shape index (κ3) is 4.59. The SMILES string of the molecule is CC(C)Oc1ccc(-c2nc(-c3cccc4c3CC[C@H]4NC(=O)N3CC[C@H](C)C3)no2)cc1C#N. The first-order valence-electron chi connectivity index (χ1n) is 12.2. The number of nitriles is 1. The molecule has 8 heteroatoms.